The minimum Gasteiger partial charge on any atom is -0.368 e. The number of ether oxygens (including phenoxy) is 6. The average Bonchev–Trinajstić information content (AvgIpc) is 3.09. The van der Waals surface area contributed by atoms with E-state index in [0.29, 0.717) is 19.8 Å². The lowest BCUT2D eigenvalue weighted by atomic mass is 10.0. The molecule has 4 rings (SSSR count). The first-order chi connectivity index (χ1) is 13.7. The van der Waals surface area contributed by atoms with Crippen molar-refractivity contribution in [2.75, 3.05) is 13.7 Å². The number of hydrogen-bond acceptors (Lipinski definition) is 6. The first kappa shape index (κ1) is 19.5. The summed E-state index contributed by atoms with van der Waals surface area (Å²) in [5, 5.41) is 0. The molecule has 6 nitrogen and oxygen atoms in total. The van der Waals surface area contributed by atoms with E-state index in [9.17, 15) is 0 Å². The monoisotopic (exact) mass is 386 g/mol. The molecule has 0 unspecified atom stereocenters. The third-order valence-electron chi connectivity index (χ3n) is 5.03. The van der Waals surface area contributed by atoms with Crippen molar-refractivity contribution in [2.24, 2.45) is 0 Å². The zero-order valence-corrected chi connectivity index (χ0v) is 16.2. The lowest BCUT2D eigenvalue weighted by molar-refractivity contribution is -0.331. The molecule has 0 bridgehead atoms. The molecule has 2 aromatic carbocycles. The van der Waals surface area contributed by atoms with Crippen molar-refractivity contribution >= 4 is 0 Å². The largest absolute Gasteiger partial charge is 0.368 e. The van der Waals surface area contributed by atoms with Crippen LogP contribution in [0.1, 0.15) is 18.1 Å². The molecular weight excluding hydrogens is 360 g/mol. The molecule has 0 spiro atoms. The maximum absolute atomic E-state index is 6.26. The van der Waals surface area contributed by atoms with E-state index < -0.39 is 18.4 Å². The van der Waals surface area contributed by atoms with Gasteiger partial charge in [0.15, 0.2) is 6.29 Å². The SMILES string of the molecule is CO[C@]1(C)O[C@H]2OC[C@@H](OCc3ccccc3)[C@H](OCc3ccccc3)[C@H]2O1. The van der Waals surface area contributed by atoms with Crippen LogP contribution in [0.4, 0.5) is 0 Å². The summed E-state index contributed by atoms with van der Waals surface area (Å²) in [5.74, 6) is -1.15. The first-order valence-electron chi connectivity index (χ1n) is 9.50. The summed E-state index contributed by atoms with van der Waals surface area (Å²) in [5.41, 5.74) is 2.18. The third kappa shape index (κ3) is 4.43. The summed E-state index contributed by atoms with van der Waals surface area (Å²) < 4.78 is 35.4. The zero-order chi connectivity index (χ0) is 19.4. The van der Waals surface area contributed by atoms with Gasteiger partial charge >= 0.3 is 0 Å². The molecule has 0 amide bonds. The number of rotatable bonds is 7. The highest BCUT2D eigenvalue weighted by atomic mass is 16.9. The van der Waals surface area contributed by atoms with Crippen molar-refractivity contribution in [1.29, 1.82) is 0 Å². The van der Waals surface area contributed by atoms with E-state index in [-0.39, 0.29) is 12.2 Å². The Labute approximate surface area is 165 Å². The van der Waals surface area contributed by atoms with Gasteiger partial charge in [0.25, 0.3) is 5.97 Å². The predicted molar refractivity (Wildman–Crippen MR) is 101 cm³/mol. The highest BCUT2D eigenvalue weighted by Crippen LogP contribution is 2.37. The summed E-state index contributed by atoms with van der Waals surface area (Å²) >= 11 is 0. The number of fused-ring (bicyclic) bond motifs is 1. The van der Waals surface area contributed by atoms with Crippen molar-refractivity contribution in [3.8, 4) is 0 Å². The number of hydrogen-bond donors (Lipinski definition) is 0. The van der Waals surface area contributed by atoms with Gasteiger partial charge in [0.2, 0.25) is 0 Å². The molecule has 0 saturated carbocycles. The van der Waals surface area contributed by atoms with Crippen molar-refractivity contribution in [2.45, 2.75) is 50.7 Å². The lowest BCUT2D eigenvalue weighted by Crippen LogP contribution is -2.53. The fourth-order valence-corrected chi connectivity index (χ4v) is 3.44. The quantitative estimate of drug-likeness (QED) is 0.728. The minimum absolute atomic E-state index is 0.284. The zero-order valence-electron chi connectivity index (χ0n) is 16.2. The molecular formula is C22H26O6. The highest BCUT2D eigenvalue weighted by Gasteiger charge is 2.54. The standard InChI is InChI=1S/C22H26O6/c1-22(23-2)27-20-19(25-14-17-11-7-4-8-12-17)18(15-26-21(20)28-22)24-13-16-9-5-3-6-10-16/h3-12,18-21H,13-15H2,1-2H3/t18-,19+,20-,21-,22+/m1/s1. The molecule has 2 fully saturated rings. The second kappa shape index (κ2) is 8.69. The molecule has 0 N–H and O–H groups in total. The first-order valence-corrected chi connectivity index (χ1v) is 9.50. The van der Waals surface area contributed by atoms with Gasteiger partial charge in [0.05, 0.1) is 19.8 Å². The molecule has 5 atom stereocenters. The molecule has 0 aromatic heterocycles. The summed E-state index contributed by atoms with van der Waals surface area (Å²) in [7, 11) is 1.54. The van der Waals surface area contributed by atoms with Gasteiger partial charge in [-0.3, -0.25) is 4.74 Å². The average molecular weight is 386 g/mol. The minimum atomic E-state index is -1.15. The number of methoxy groups -OCH3 is 1. The Bertz CT molecular complexity index is 739. The van der Waals surface area contributed by atoms with E-state index >= 15 is 0 Å². The van der Waals surface area contributed by atoms with Crippen LogP contribution in [-0.2, 0) is 41.6 Å². The molecule has 2 aliphatic rings. The normalized spacial score (nSPS) is 32.2. The topological polar surface area (TPSA) is 55.4 Å². The van der Waals surface area contributed by atoms with Gasteiger partial charge in [-0.15, -0.1) is 0 Å². The molecule has 2 heterocycles. The van der Waals surface area contributed by atoms with Crippen LogP contribution in [0, 0.1) is 0 Å². The van der Waals surface area contributed by atoms with Crippen LogP contribution in [-0.4, -0.2) is 44.3 Å². The lowest BCUT2D eigenvalue weighted by Gasteiger charge is -2.37. The van der Waals surface area contributed by atoms with Gasteiger partial charge in [0.1, 0.15) is 18.3 Å². The van der Waals surface area contributed by atoms with E-state index in [1.165, 1.54) is 0 Å². The van der Waals surface area contributed by atoms with Crippen molar-refractivity contribution in [3.63, 3.8) is 0 Å². The highest BCUT2D eigenvalue weighted by molar-refractivity contribution is 5.14. The molecule has 2 aromatic rings. The predicted octanol–water partition coefficient (Wildman–Crippen LogP) is 3.25. The van der Waals surface area contributed by atoms with Gasteiger partial charge < -0.3 is 23.7 Å². The van der Waals surface area contributed by atoms with Crippen LogP contribution in [0.5, 0.6) is 0 Å². The van der Waals surface area contributed by atoms with E-state index in [0.717, 1.165) is 11.1 Å². The fraction of sp³-hybridized carbons (Fsp3) is 0.455. The van der Waals surface area contributed by atoms with Crippen LogP contribution >= 0.6 is 0 Å². The molecule has 2 aliphatic heterocycles. The molecule has 6 heteroatoms. The fourth-order valence-electron chi connectivity index (χ4n) is 3.44. The molecule has 0 aliphatic carbocycles. The van der Waals surface area contributed by atoms with Gasteiger partial charge in [-0.25, -0.2) is 0 Å². The van der Waals surface area contributed by atoms with Crippen molar-refractivity contribution in [1.82, 2.24) is 0 Å². The Kier molecular flexibility index (Phi) is 6.06. The summed E-state index contributed by atoms with van der Waals surface area (Å²) in [4.78, 5) is 0. The van der Waals surface area contributed by atoms with Crippen LogP contribution in [0.3, 0.4) is 0 Å². The Morgan fingerprint density at radius 1 is 0.893 bits per heavy atom. The van der Waals surface area contributed by atoms with Gasteiger partial charge in [-0.1, -0.05) is 60.7 Å². The third-order valence-corrected chi connectivity index (χ3v) is 5.03. The summed E-state index contributed by atoms with van der Waals surface area (Å²) in [6, 6.07) is 20.1. The van der Waals surface area contributed by atoms with Crippen LogP contribution in [0.2, 0.25) is 0 Å². The maximum Gasteiger partial charge on any atom is 0.282 e. The van der Waals surface area contributed by atoms with Crippen molar-refractivity contribution < 1.29 is 28.4 Å². The molecule has 28 heavy (non-hydrogen) atoms. The second-order valence-electron chi connectivity index (χ2n) is 7.06. The van der Waals surface area contributed by atoms with Crippen LogP contribution < -0.4 is 0 Å². The van der Waals surface area contributed by atoms with E-state index in [1.807, 2.05) is 60.7 Å². The van der Waals surface area contributed by atoms with Gasteiger partial charge in [-0.2, -0.15) is 0 Å². The van der Waals surface area contributed by atoms with Crippen LogP contribution in [0.15, 0.2) is 60.7 Å². The Morgan fingerprint density at radius 2 is 1.50 bits per heavy atom. The summed E-state index contributed by atoms with van der Waals surface area (Å²) in [6.45, 7) is 3.01. The second-order valence-corrected chi connectivity index (χ2v) is 7.06. The Hall–Kier alpha value is -1.80. The summed E-state index contributed by atoms with van der Waals surface area (Å²) in [6.07, 6.45) is -1.63. The molecule has 2 saturated heterocycles. The van der Waals surface area contributed by atoms with E-state index in [2.05, 4.69) is 0 Å². The van der Waals surface area contributed by atoms with Crippen LogP contribution in [0.25, 0.3) is 0 Å². The van der Waals surface area contributed by atoms with E-state index in [4.69, 9.17) is 28.4 Å². The van der Waals surface area contributed by atoms with Gasteiger partial charge in [0, 0.05) is 14.0 Å². The number of benzene rings is 2. The van der Waals surface area contributed by atoms with Crippen molar-refractivity contribution in [3.05, 3.63) is 71.8 Å². The maximum atomic E-state index is 6.26. The smallest absolute Gasteiger partial charge is 0.282 e. The molecule has 0 radical (unpaired) electrons. The van der Waals surface area contributed by atoms with E-state index in [1.54, 1.807) is 14.0 Å². The Balaban J connectivity index is 1.47. The molecule has 150 valence electrons. The van der Waals surface area contributed by atoms with Gasteiger partial charge in [-0.05, 0) is 11.1 Å². The Morgan fingerprint density at radius 3 is 2.11 bits per heavy atom.